The summed E-state index contributed by atoms with van der Waals surface area (Å²) in [5, 5.41) is 0. The van der Waals surface area contributed by atoms with Crippen molar-refractivity contribution in [2.24, 2.45) is 5.73 Å². The standard InChI is InChI=1S/C14H17F3N2O2/c15-14(16,17)9-19(11-3-4-11)13(20)8-21-12-5-1-10(7-18)2-6-12/h1-2,5-6,11H,3-4,7-9,18H2. The van der Waals surface area contributed by atoms with Gasteiger partial charge in [0.2, 0.25) is 0 Å². The van der Waals surface area contributed by atoms with Crippen molar-refractivity contribution in [2.45, 2.75) is 31.6 Å². The quantitative estimate of drug-likeness (QED) is 0.875. The summed E-state index contributed by atoms with van der Waals surface area (Å²) < 4.78 is 42.6. The highest BCUT2D eigenvalue weighted by Gasteiger charge is 2.40. The highest BCUT2D eigenvalue weighted by molar-refractivity contribution is 5.78. The van der Waals surface area contributed by atoms with E-state index >= 15 is 0 Å². The Kier molecular flexibility index (Phi) is 4.72. The van der Waals surface area contributed by atoms with E-state index in [1.165, 1.54) is 0 Å². The number of carbonyl (C=O) groups is 1. The molecule has 0 heterocycles. The molecule has 2 N–H and O–H groups in total. The third-order valence-corrected chi connectivity index (χ3v) is 3.18. The van der Waals surface area contributed by atoms with Gasteiger partial charge < -0.3 is 15.4 Å². The minimum atomic E-state index is -4.39. The van der Waals surface area contributed by atoms with Crippen molar-refractivity contribution < 1.29 is 22.7 Å². The summed E-state index contributed by atoms with van der Waals surface area (Å²) in [6.45, 7) is -1.22. The number of benzene rings is 1. The number of alkyl halides is 3. The van der Waals surface area contributed by atoms with Gasteiger partial charge in [0.15, 0.2) is 6.61 Å². The van der Waals surface area contributed by atoms with Crippen LogP contribution in [-0.4, -0.2) is 36.2 Å². The Bertz CT molecular complexity index is 484. The van der Waals surface area contributed by atoms with Gasteiger partial charge in [0.05, 0.1) is 0 Å². The van der Waals surface area contributed by atoms with Gasteiger partial charge in [-0.3, -0.25) is 4.79 Å². The first-order valence-corrected chi connectivity index (χ1v) is 6.67. The maximum atomic E-state index is 12.5. The second-order valence-electron chi connectivity index (χ2n) is 5.00. The molecule has 0 unspecified atom stereocenters. The number of rotatable bonds is 6. The Hall–Kier alpha value is -1.76. The summed E-state index contributed by atoms with van der Waals surface area (Å²) >= 11 is 0. The predicted octanol–water partition coefficient (Wildman–Crippen LogP) is 2.08. The third-order valence-electron chi connectivity index (χ3n) is 3.18. The van der Waals surface area contributed by atoms with Gasteiger partial charge in [-0.15, -0.1) is 0 Å². The topological polar surface area (TPSA) is 55.6 Å². The smallest absolute Gasteiger partial charge is 0.406 e. The van der Waals surface area contributed by atoms with E-state index in [4.69, 9.17) is 10.5 Å². The fraction of sp³-hybridized carbons (Fsp3) is 0.500. The number of amides is 1. The molecule has 1 aromatic rings. The van der Waals surface area contributed by atoms with Gasteiger partial charge in [-0.05, 0) is 30.5 Å². The van der Waals surface area contributed by atoms with E-state index in [2.05, 4.69) is 0 Å². The van der Waals surface area contributed by atoms with E-state index in [-0.39, 0.29) is 6.04 Å². The summed E-state index contributed by atoms with van der Waals surface area (Å²) in [5.41, 5.74) is 6.36. The zero-order valence-corrected chi connectivity index (χ0v) is 11.4. The molecule has 1 saturated carbocycles. The third kappa shape index (κ3) is 4.93. The summed E-state index contributed by atoms with van der Waals surface area (Å²) in [4.78, 5) is 12.7. The Labute approximate surface area is 120 Å². The van der Waals surface area contributed by atoms with Crippen LogP contribution in [0.15, 0.2) is 24.3 Å². The van der Waals surface area contributed by atoms with Crippen molar-refractivity contribution >= 4 is 5.91 Å². The van der Waals surface area contributed by atoms with Crippen molar-refractivity contribution in [2.75, 3.05) is 13.2 Å². The van der Waals surface area contributed by atoms with Gasteiger partial charge in [-0.1, -0.05) is 12.1 Å². The fourth-order valence-electron chi connectivity index (χ4n) is 1.95. The van der Waals surface area contributed by atoms with Crippen LogP contribution in [-0.2, 0) is 11.3 Å². The van der Waals surface area contributed by atoms with Crippen LogP contribution in [0.5, 0.6) is 5.75 Å². The van der Waals surface area contributed by atoms with Crippen LogP contribution in [0.3, 0.4) is 0 Å². The predicted molar refractivity (Wildman–Crippen MR) is 70.6 cm³/mol. The number of ether oxygens (including phenoxy) is 1. The number of halogens is 3. The molecule has 0 spiro atoms. The number of nitrogens with zero attached hydrogens (tertiary/aromatic N) is 1. The molecule has 1 amide bonds. The van der Waals surface area contributed by atoms with Crippen molar-refractivity contribution in [3.8, 4) is 5.75 Å². The van der Waals surface area contributed by atoms with E-state index in [1.807, 2.05) is 0 Å². The number of hydrogen-bond acceptors (Lipinski definition) is 3. The molecule has 116 valence electrons. The van der Waals surface area contributed by atoms with Crippen LogP contribution in [0.2, 0.25) is 0 Å². The van der Waals surface area contributed by atoms with Gasteiger partial charge in [-0.2, -0.15) is 13.2 Å². The van der Waals surface area contributed by atoms with Crippen molar-refractivity contribution in [3.63, 3.8) is 0 Å². The van der Waals surface area contributed by atoms with Crippen molar-refractivity contribution in [1.82, 2.24) is 4.90 Å². The molecule has 2 rings (SSSR count). The molecular formula is C14H17F3N2O2. The molecule has 1 fully saturated rings. The number of carbonyl (C=O) groups excluding carboxylic acids is 1. The first-order chi connectivity index (χ1) is 9.89. The molecule has 0 bridgehead atoms. The van der Waals surface area contributed by atoms with Gasteiger partial charge in [0.1, 0.15) is 12.3 Å². The Morgan fingerprint density at radius 2 is 1.90 bits per heavy atom. The zero-order chi connectivity index (χ0) is 15.5. The van der Waals surface area contributed by atoms with Crippen molar-refractivity contribution in [3.05, 3.63) is 29.8 Å². The molecule has 0 aliphatic heterocycles. The molecule has 0 radical (unpaired) electrons. The van der Waals surface area contributed by atoms with E-state index in [0.717, 1.165) is 10.5 Å². The van der Waals surface area contributed by atoms with Crippen LogP contribution in [0.25, 0.3) is 0 Å². The Balaban J connectivity index is 1.89. The zero-order valence-electron chi connectivity index (χ0n) is 11.4. The maximum Gasteiger partial charge on any atom is 0.406 e. The van der Waals surface area contributed by atoms with Crippen LogP contribution < -0.4 is 10.5 Å². The van der Waals surface area contributed by atoms with Gasteiger partial charge in [-0.25, -0.2) is 0 Å². The molecule has 21 heavy (non-hydrogen) atoms. The molecular weight excluding hydrogens is 285 g/mol. The summed E-state index contributed by atoms with van der Waals surface area (Å²) in [7, 11) is 0. The van der Waals surface area contributed by atoms with Gasteiger partial charge >= 0.3 is 6.18 Å². The maximum absolute atomic E-state index is 12.5. The monoisotopic (exact) mass is 302 g/mol. The van der Waals surface area contributed by atoms with E-state index in [9.17, 15) is 18.0 Å². The van der Waals surface area contributed by atoms with Crippen LogP contribution in [0.1, 0.15) is 18.4 Å². The highest BCUT2D eigenvalue weighted by Crippen LogP contribution is 2.30. The van der Waals surface area contributed by atoms with Crippen LogP contribution >= 0.6 is 0 Å². The molecule has 1 aliphatic rings. The lowest BCUT2D eigenvalue weighted by Crippen LogP contribution is -2.42. The minimum absolute atomic E-state index is 0.303. The largest absolute Gasteiger partial charge is 0.484 e. The second kappa shape index (κ2) is 6.34. The lowest BCUT2D eigenvalue weighted by atomic mass is 10.2. The van der Waals surface area contributed by atoms with Gasteiger partial charge in [0, 0.05) is 12.6 Å². The van der Waals surface area contributed by atoms with E-state index < -0.39 is 25.2 Å². The average Bonchev–Trinajstić information content (AvgIpc) is 3.26. The SMILES string of the molecule is NCc1ccc(OCC(=O)N(CC(F)(F)F)C2CC2)cc1. The van der Waals surface area contributed by atoms with Crippen molar-refractivity contribution in [1.29, 1.82) is 0 Å². The normalized spacial score (nSPS) is 14.9. The average molecular weight is 302 g/mol. The first kappa shape index (κ1) is 15.6. The van der Waals surface area contributed by atoms with Crippen LogP contribution in [0, 0.1) is 0 Å². The summed E-state index contributed by atoms with van der Waals surface area (Å²) in [6, 6.07) is 6.46. The molecule has 0 saturated heterocycles. The van der Waals surface area contributed by atoms with E-state index in [1.54, 1.807) is 24.3 Å². The summed E-state index contributed by atoms with van der Waals surface area (Å²) in [6.07, 6.45) is -3.15. The van der Waals surface area contributed by atoms with Crippen LogP contribution in [0.4, 0.5) is 13.2 Å². The molecule has 0 aromatic heterocycles. The minimum Gasteiger partial charge on any atom is -0.484 e. The van der Waals surface area contributed by atoms with E-state index in [0.29, 0.717) is 25.1 Å². The Morgan fingerprint density at radius 3 is 2.38 bits per heavy atom. The van der Waals surface area contributed by atoms with Gasteiger partial charge in [0.25, 0.3) is 5.91 Å². The highest BCUT2D eigenvalue weighted by atomic mass is 19.4. The lowest BCUT2D eigenvalue weighted by Gasteiger charge is -2.23. The number of nitrogens with two attached hydrogens (primary N) is 1. The number of hydrogen-bond donors (Lipinski definition) is 1. The fourth-order valence-corrected chi connectivity index (χ4v) is 1.95. The second-order valence-corrected chi connectivity index (χ2v) is 5.00. The summed E-state index contributed by atoms with van der Waals surface area (Å²) in [5.74, 6) is -0.207. The molecule has 1 aliphatic carbocycles. The molecule has 0 atom stereocenters. The molecule has 4 nitrogen and oxygen atoms in total. The lowest BCUT2D eigenvalue weighted by molar-refractivity contribution is -0.163. The molecule has 1 aromatic carbocycles. The first-order valence-electron chi connectivity index (χ1n) is 6.67. The Morgan fingerprint density at radius 1 is 1.29 bits per heavy atom. The molecule has 7 heteroatoms.